The molecule has 2 N–H and O–H groups in total. The quantitative estimate of drug-likeness (QED) is 0.673. The first kappa shape index (κ1) is 15.5. The van der Waals surface area contributed by atoms with E-state index in [1.165, 1.54) is 25.0 Å². The summed E-state index contributed by atoms with van der Waals surface area (Å²) >= 11 is 0. The van der Waals surface area contributed by atoms with Crippen molar-refractivity contribution in [3.63, 3.8) is 0 Å². The lowest BCUT2D eigenvalue weighted by molar-refractivity contribution is -0.129. The summed E-state index contributed by atoms with van der Waals surface area (Å²) in [6.07, 6.45) is 2.40. The molecule has 4 nitrogen and oxygen atoms in total. The van der Waals surface area contributed by atoms with Crippen LogP contribution in [0.2, 0.25) is 0 Å². The van der Waals surface area contributed by atoms with Gasteiger partial charge in [-0.15, -0.1) is 0 Å². The van der Waals surface area contributed by atoms with Gasteiger partial charge in [0.1, 0.15) is 5.82 Å². The molecule has 1 amide bonds. The molecule has 1 aliphatic rings. The first-order chi connectivity index (χ1) is 11.2. The second kappa shape index (κ2) is 6.79. The van der Waals surface area contributed by atoms with Gasteiger partial charge in [-0.2, -0.15) is 0 Å². The molecule has 0 saturated carbocycles. The zero-order chi connectivity index (χ0) is 16.2. The summed E-state index contributed by atoms with van der Waals surface area (Å²) in [5, 5.41) is 9.03. The van der Waals surface area contributed by atoms with Gasteiger partial charge in [0.15, 0.2) is 0 Å². The fourth-order valence-corrected chi connectivity index (χ4v) is 3.07. The summed E-state index contributed by atoms with van der Waals surface area (Å²) < 4.78 is 13.1. The fraction of sp³-hybridized carbons (Fsp3) is 0.278. The van der Waals surface area contributed by atoms with Crippen LogP contribution in [0.25, 0.3) is 0 Å². The maximum absolute atomic E-state index is 13.1. The largest absolute Gasteiger partial charge is 0.372 e. The second-order valence-electron chi connectivity index (χ2n) is 5.75. The average Bonchev–Trinajstić information content (AvgIpc) is 3.12. The summed E-state index contributed by atoms with van der Waals surface area (Å²) in [6, 6.07) is 13.5. The van der Waals surface area contributed by atoms with Crippen molar-refractivity contribution in [1.82, 2.24) is 5.48 Å². The van der Waals surface area contributed by atoms with Gasteiger partial charge in [0.25, 0.3) is 5.91 Å². The lowest BCUT2D eigenvalue weighted by atomic mass is 9.90. The Labute approximate surface area is 134 Å². The number of carbonyl (C=O) groups excluding carboxylic acids is 1. The third kappa shape index (κ3) is 3.35. The highest BCUT2D eigenvalue weighted by Gasteiger charge is 2.23. The molecule has 0 aromatic heterocycles. The molecule has 3 rings (SSSR count). The number of nitrogens with one attached hydrogen (secondary N) is 1. The van der Waals surface area contributed by atoms with Crippen LogP contribution in [0, 0.1) is 5.82 Å². The molecule has 0 aliphatic carbocycles. The first-order valence-corrected chi connectivity index (χ1v) is 7.73. The van der Waals surface area contributed by atoms with Crippen LogP contribution in [0.3, 0.4) is 0 Å². The van der Waals surface area contributed by atoms with E-state index in [1.807, 2.05) is 24.3 Å². The van der Waals surface area contributed by atoms with Crippen molar-refractivity contribution in [3.05, 3.63) is 65.5 Å². The van der Waals surface area contributed by atoms with Crippen LogP contribution >= 0.6 is 0 Å². The summed E-state index contributed by atoms with van der Waals surface area (Å²) in [6.45, 7) is 2.11. The monoisotopic (exact) mass is 314 g/mol. The topological polar surface area (TPSA) is 52.6 Å². The molecule has 1 saturated heterocycles. The van der Waals surface area contributed by atoms with Gasteiger partial charge in [-0.1, -0.05) is 24.3 Å². The molecule has 1 unspecified atom stereocenters. The minimum atomic E-state index is -0.673. The SMILES string of the molecule is O=C(NO)C(c1ccc(F)cc1)c1ccc(N2CCCC2)cc1. The molecule has 0 spiro atoms. The number of rotatable bonds is 4. The molecular formula is C18H19FN2O2. The number of nitrogens with zero attached hydrogens (tertiary/aromatic N) is 1. The Hall–Kier alpha value is -2.40. The lowest BCUT2D eigenvalue weighted by Crippen LogP contribution is -2.27. The summed E-state index contributed by atoms with van der Waals surface area (Å²) in [5.41, 5.74) is 4.22. The van der Waals surface area contributed by atoms with Crippen molar-refractivity contribution in [2.75, 3.05) is 18.0 Å². The van der Waals surface area contributed by atoms with Gasteiger partial charge >= 0.3 is 0 Å². The highest BCUT2D eigenvalue weighted by molar-refractivity contribution is 5.86. The third-order valence-corrected chi connectivity index (χ3v) is 4.27. The van der Waals surface area contributed by atoms with Crippen molar-refractivity contribution in [2.45, 2.75) is 18.8 Å². The van der Waals surface area contributed by atoms with Crippen molar-refractivity contribution in [1.29, 1.82) is 0 Å². The maximum Gasteiger partial charge on any atom is 0.255 e. The number of hydroxylamine groups is 1. The number of halogens is 1. The van der Waals surface area contributed by atoms with Crippen LogP contribution in [-0.2, 0) is 4.79 Å². The molecular weight excluding hydrogens is 295 g/mol. The van der Waals surface area contributed by atoms with Crippen LogP contribution in [0.1, 0.15) is 29.9 Å². The molecule has 1 aliphatic heterocycles. The van der Waals surface area contributed by atoms with Gasteiger partial charge < -0.3 is 4.90 Å². The molecule has 0 radical (unpaired) electrons. The molecule has 23 heavy (non-hydrogen) atoms. The molecule has 5 heteroatoms. The zero-order valence-electron chi connectivity index (χ0n) is 12.7. The maximum atomic E-state index is 13.1. The van der Waals surface area contributed by atoms with E-state index in [4.69, 9.17) is 5.21 Å². The van der Waals surface area contributed by atoms with Gasteiger partial charge in [-0.3, -0.25) is 10.0 Å². The fourth-order valence-electron chi connectivity index (χ4n) is 3.07. The molecule has 0 bridgehead atoms. The molecule has 2 aromatic rings. The van der Waals surface area contributed by atoms with Crippen LogP contribution in [0.4, 0.5) is 10.1 Å². The molecule has 120 valence electrons. The number of hydrogen-bond acceptors (Lipinski definition) is 3. The van der Waals surface area contributed by atoms with E-state index in [0.717, 1.165) is 24.3 Å². The average molecular weight is 314 g/mol. The Morgan fingerprint density at radius 1 is 1.00 bits per heavy atom. The molecule has 1 atom stereocenters. The number of anilines is 1. The predicted molar refractivity (Wildman–Crippen MR) is 86.1 cm³/mol. The van der Waals surface area contributed by atoms with E-state index >= 15 is 0 Å². The second-order valence-corrected chi connectivity index (χ2v) is 5.75. The van der Waals surface area contributed by atoms with Crippen LogP contribution < -0.4 is 10.4 Å². The Balaban J connectivity index is 1.90. The van der Waals surface area contributed by atoms with Crippen molar-refractivity contribution in [3.8, 4) is 0 Å². The van der Waals surface area contributed by atoms with Crippen LogP contribution in [0.5, 0.6) is 0 Å². The van der Waals surface area contributed by atoms with Crippen LogP contribution in [0.15, 0.2) is 48.5 Å². The number of hydrogen-bond donors (Lipinski definition) is 2. The minimum Gasteiger partial charge on any atom is -0.372 e. The smallest absolute Gasteiger partial charge is 0.255 e. The van der Waals surface area contributed by atoms with Gasteiger partial charge in [-0.05, 0) is 48.2 Å². The summed E-state index contributed by atoms with van der Waals surface area (Å²) in [7, 11) is 0. The number of benzene rings is 2. The summed E-state index contributed by atoms with van der Waals surface area (Å²) in [5.74, 6) is -1.57. The van der Waals surface area contributed by atoms with Gasteiger partial charge in [0.2, 0.25) is 0 Å². The normalized spacial score (nSPS) is 15.5. The van der Waals surface area contributed by atoms with Gasteiger partial charge in [0, 0.05) is 18.8 Å². The number of carbonyl (C=O) groups is 1. The molecule has 1 fully saturated rings. The van der Waals surface area contributed by atoms with Crippen molar-refractivity contribution < 1.29 is 14.4 Å². The Morgan fingerprint density at radius 2 is 1.52 bits per heavy atom. The van der Waals surface area contributed by atoms with E-state index in [0.29, 0.717) is 5.56 Å². The molecule has 1 heterocycles. The summed E-state index contributed by atoms with van der Waals surface area (Å²) in [4.78, 5) is 14.4. The first-order valence-electron chi connectivity index (χ1n) is 7.73. The molecule has 2 aromatic carbocycles. The van der Waals surface area contributed by atoms with E-state index < -0.39 is 11.8 Å². The number of amides is 1. The minimum absolute atomic E-state index is 0.360. The predicted octanol–water partition coefficient (Wildman–Crippen LogP) is 3.06. The Bertz CT molecular complexity index is 664. The lowest BCUT2D eigenvalue weighted by Gasteiger charge is -2.20. The highest BCUT2D eigenvalue weighted by atomic mass is 19.1. The van der Waals surface area contributed by atoms with Crippen molar-refractivity contribution >= 4 is 11.6 Å². The van der Waals surface area contributed by atoms with Gasteiger partial charge in [-0.25, -0.2) is 9.87 Å². The third-order valence-electron chi connectivity index (χ3n) is 4.27. The van der Waals surface area contributed by atoms with Crippen molar-refractivity contribution in [2.24, 2.45) is 0 Å². The van der Waals surface area contributed by atoms with E-state index in [1.54, 1.807) is 17.6 Å². The van der Waals surface area contributed by atoms with E-state index in [-0.39, 0.29) is 5.82 Å². The Morgan fingerprint density at radius 3 is 2.04 bits per heavy atom. The zero-order valence-corrected chi connectivity index (χ0v) is 12.7. The Kier molecular flexibility index (Phi) is 4.57. The van der Waals surface area contributed by atoms with Crippen LogP contribution in [-0.4, -0.2) is 24.2 Å². The van der Waals surface area contributed by atoms with Gasteiger partial charge in [0.05, 0.1) is 5.92 Å². The standard InChI is InChI=1S/C18H19FN2O2/c19-15-7-3-13(4-8-15)17(18(22)20-23)14-5-9-16(10-6-14)21-11-1-2-12-21/h3-10,17,23H,1-2,11-12H2,(H,20,22). The highest BCUT2D eigenvalue weighted by Crippen LogP contribution is 2.28. The van der Waals surface area contributed by atoms with E-state index in [9.17, 15) is 9.18 Å². The van der Waals surface area contributed by atoms with E-state index in [2.05, 4.69) is 4.90 Å².